The number of aromatic nitrogens is 3. The van der Waals surface area contributed by atoms with Crippen LogP contribution in [0.25, 0.3) is 98.5 Å². The lowest BCUT2D eigenvalue weighted by atomic mass is 9.94. The lowest BCUT2D eigenvalue weighted by molar-refractivity contribution is 0.669. The molecule has 0 spiro atoms. The van der Waals surface area contributed by atoms with E-state index in [0.29, 0.717) is 17.5 Å². The SMILES string of the molecule is c1ccc(-c2nc(-c3ccccc3)nc(-c3cccc4oc5cc(N(c6cccc(-c7ccccc7-c7ccccc7)c6)c6ccc7c(c6)sc6ccccc67)ccc5c34)n2)cc1. The molecule has 3 aromatic heterocycles. The minimum atomic E-state index is 0.589. The fourth-order valence-electron chi connectivity index (χ4n) is 8.79. The first kappa shape index (κ1) is 36.6. The second-order valence-corrected chi connectivity index (χ2v) is 16.7. The van der Waals surface area contributed by atoms with Gasteiger partial charge in [0.25, 0.3) is 0 Å². The van der Waals surface area contributed by atoms with Crippen LogP contribution in [0.5, 0.6) is 0 Å². The van der Waals surface area contributed by atoms with Crippen LogP contribution in [0.2, 0.25) is 0 Å². The summed E-state index contributed by atoms with van der Waals surface area (Å²) in [6.07, 6.45) is 0. The Morgan fingerprint density at radius 2 is 0.857 bits per heavy atom. The average Bonchev–Trinajstić information content (AvgIpc) is 3.93. The molecular weight excluding hydrogens is 789 g/mol. The van der Waals surface area contributed by atoms with Gasteiger partial charge in [-0.15, -0.1) is 11.3 Å². The molecule has 12 aromatic rings. The zero-order valence-corrected chi connectivity index (χ0v) is 34.7. The average molecular weight is 825 g/mol. The standard InChI is InChI=1S/C57H36N4OS/c1-4-16-37(17-5-1)44-24-10-11-25-45(44)40-22-14-23-41(34-40)61(43-30-32-47-46-26-12-13-29-52(46)63-53(47)36-43)42-31-33-48-51(35-42)62-50-28-15-27-49(54(48)50)57-59-55(38-18-6-2-7-19-38)58-56(60-57)39-20-8-3-9-21-39/h1-36H. The van der Waals surface area contributed by atoms with E-state index in [1.54, 1.807) is 0 Å². The first-order chi connectivity index (χ1) is 31.2. The van der Waals surface area contributed by atoms with Crippen molar-refractivity contribution in [1.29, 1.82) is 0 Å². The third kappa shape index (κ3) is 6.61. The summed E-state index contributed by atoms with van der Waals surface area (Å²) in [5.74, 6) is 1.82. The second-order valence-electron chi connectivity index (χ2n) is 15.6. The summed E-state index contributed by atoms with van der Waals surface area (Å²) >= 11 is 1.83. The molecule has 0 saturated heterocycles. The minimum Gasteiger partial charge on any atom is -0.456 e. The van der Waals surface area contributed by atoms with E-state index in [9.17, 15) is 0 Å². The van der Waals surface area contributed by atoms with Crippen LogP contribution in [0.1, 0.15) is 0 Å². The molecule has 0 atom stereocenters. The maximum atomic E-state index is 6.78. The highest BCUT2D eigenvalue weighted by Crippen LogP contribution is 2.45. The van der Waals surface area contributed by atoms with Gasteiger partial charge in [-0.05, 0) is 70.8 Å². The zero-order valence-electron chi connectivity index (χ0n) is 33.9. The van der Waals surface area contributed by atoms with Crippen molar-refractivity contribution in [2.75, 3.05) is 4.90 Å². The maximum Gasteiger partial charge on any atom is 0.164 e. The van der Waals surface area contributed by atoms with Gasteiger partial charge >= 0.3 is 0 Å². The molecule has 0 aliphatic heterocycles. The molecule has 0 radical (unpaired) electrons. The van der Waals surface area contributed by atoms with Crippen LogP contribution in [0.15, 0.2) is 223 Å². The van der Waals surface area contributed by atoms with E-state index < -0.39 is 0 Å². The number of nitrogens with zero attached hydrogens (tertiary/aromatic N) is 4. The third-order valence-corrected chi connectivity index (χ3v) is 12.9. The van der Waals surface area contributed by atoms with E-state index in [0.717, 1.165) is 61.3 Å². The molecule has 0 saturated carbocycles. The highest BCUT2D eigenvalue weighted by Gasteiger charge is 2.21. The van der Waals surface area contributed by atoms with Gasteiger partial charge in [-0.1, -0.05) is 164 Å². The van der Waals surface area contributed by atoms with Crippen LogP contribution < -0.4 is 4.90 Å². The van der Waals surface area contributed by atoms with Gasteiger partial charge in [0.2, 0.25) is 0 Å². The van der Waals surface area contributed by atoms with E-state index in [1.165, 1.54) is 36.9 Å². The number of anilines is 3. The van der Waals surface area contributed by atoms with Crippen LogP contribution >= 0.6 is 11.3 Å². The van der Waals surface area contributed by atoms with Crippen LogP contribution in [-0.2, 0) is 0 Å². The molecule has 0 bridgehead atoms. The molecule has 12 rings (SSSR count). The highest BCUT2D eigenvalue weighted by molar-refractivity contribution is 7.25. The first-order valence-electron chi connectivity index (χ1n) is 21.0. The van der Waals surface area contributed by atoms with Gasteiger partial charge < -0.3 is 9.32 Å². The summed E-state index contributed by atoms with van der Waals surface area (Å²) in [4.78, 5) is 17.5. The van der Waals surface area contributed by atoms with Crippen molar-refractivity contribution in [3.8, 4) is 56.4 Å². The molecule has 3 heterocycles. The van der Waals surface area contributed by atoms with Crippen molar-refractivity contribution in [1.82, 2.24) is 15.0 Å². The molecular formula is C57H36N4OS. The number of rotatable bonds is 8. The summed E-state index contributed by atoms with van der Waals surface area (Å²) in [6.45, 7) is 0. The Morgan fingerprint density at radius 1 is 0.333 bits per heavy atom. The third-order valence-electron chi connectivity index (χ3n) is 11.7. The number of benzene rings is 9. The van der Waals surface area contributed by atoms with Gasteiger partial charge in [-0.3, -0.25) is 0 Å². The summed E-state index contributed by atoms with van der Waals surface area (Å²) in [5.41, 5.74) is 12.0. The van der Waals surface area contributed by atoms with Crippen LogP contribution in [0.4, 0.5) is 17.1 Å². The summed E-state index contributed by atoms with van der Waals surface area (Å²) in [7, 11) is 0. The van der Waals surface area contributed by atoms with E-state index in [-0.39, 0.29) is 0 Å². The monoisotopic (exact) mass is 824 g/mol. The highest BCUT2D eigenvalue weighted by atomic mass is 32.1. The van der Waals surface area contributed by atoms with Crippen LogP contribution in [0, 0.1) is 0 Å². The zero-order chi connectivity index (χ0) is 41.7. The minimum absolute atomic E-state index is 0.589. The van der Waals surface area contributed by atoms with Gasteiger partial charge in [-0.25, -0.2) is 15.0 Å². The topological polar surface area (TPSA) is 55.1 Å². The Bertz CT molecular complexity index is 3580. The Hall–Kier alpha value is -8.19. The number of hydrogen-bond donors (Lipinski definition) is 0. The molecule has 6 heteroatoms. The van der Waals surface area contributed by atoms with Crippen molar-refractivity contribution >= 4 is 70.5 Å². The largest absolute Gasteiger partial charge is 0.456 e. The molecule has 0 aliphatic carbocycles. The number of hydrogen-bond acceptors (Lipinski definition) is 6. The molecule has 0 unspecified atom stereocenters. The summed E-state index contributed by atoms with van der Waals surface area (Å²) in [6, 6.07) is 76.4. The van der Waals surface area contributed by atoms with Crippen molar-refractivity contribution in [2.45, 2.75) is 0 Å². The maximum absolute atomic E-state index is 6.78. The van der Waals surface area contributed by atoms with Crippen molar-refractivity contribution in [3.05, 3.63) is 218 Å². The number of thiophene rings is 1. The number of furan rings is 1. The Labute approximate surface area is 367 Å². The van der Waals surface area contributed by atoms with Crippen LogP contribution in [-0.4, -0.2) is 15.0 Å². The van der Waals surface area contributed by atoms with Crippen molar-refractivity contribution in [2.24, 2.45) is 0 Å². The molecule has 0 fully saturated rings. The van der Waals surface area contributed by atoms with E-state index in [1.807, 2.05) is 84.1 Å². The summed E-state index contributed by atoms with van der Waals surface area (Å²) in [5, 5.41) is 4.48. The lowest BCUT2D eigenvalue weighted by Gasteiger charge is -2.26. The Balaban J connectivity index is 1.03. The Morgan fingerprint density at radius 3 is 1.59 bits per heavy atom. The van der Waals surface area contributed by atoms with Gasteiger partial charge in [0.15, 0.2) is 17.5 Å². The van der Waals surface area contributed by atoms with Gasteiger partial charge in [-0.2, -0.15) is 0 Å². The van der Waals surface area contributed by atoms with Gasteiger partial charge in [0.1, 0.15) is 11.2 Å². The molecule has 0 amide bonds. The van der Waals surface area contributed by atoms with Gasteiger partial charge in [0, 0.05) is 70.8 Å². The van der Waals surface area contributed by atoms with Gasteiger partial charge in [0.05, 0.1) is 0 Å². The smallest absolute Gasteiger partial charge is 0.164 e. The van der Waals surface area contributed by atoms with E-state index >= 15 is 0 Å². The van der Waals surface area contributed by atoms with E-state index in [2.05, 4.69) is 150 Å². The van der Waals surface area contributed by atoms with Crippen molar-refractivity contribution < 1.29 is 4.42 Å². The van der Waals surface area contributed by atoms with Crippen LogP contribution in [0.3, 0.4) is 0 Å². The molecule has 296 valence electrons. The first-order valence-corrected chi connectivity index (χ1v) is 21.8. The predicted octanol–water partition coefficient (Wildman–Crippen LogP) is 15.9. The predicted molar refractivity (Wildman–Crippen MR) is 262 cm³/mol. The molecule has 0 aliphatic rings. The lowest BCUT2D eigenvalue weighted by Crippen LogP contribution is -2.10. The molecule has 9 aromatic carbocycles. The van der Waals surface area contributed by atoms with E-state index in [4.69, 9.17) is 19.4 Å². The quantitative estimate of drug-likeness (QED) is 0.153. The Kier molecular flexibility index (Phi) is 8.94. The fourth-order valence-corrected chi connectivity index (χ4v) is 9.93. The molecule has 5 nitrogen and oxygen atoms in total. The molecule has 0 N–H and O–H groups in total. The fraction of sp³-hybridized carbons (Fsp3) is 0. The second kappa shape index (κ2) is 15.4. The van der Waals surface area contributed by atoms with Crippen molar-refractivity contribution in [3.63, 3.8) is 0 Å². The molecule has 63 heavy (non-hydrogen) atoms. The number of fused-ring (bicyclic) bond motifs is 6. The summed E-state index contributed by atoms with van der Waals surface area (Å²) < 4.78 is 9.29. The normalized spacial score (nSPS) is 11.5.